The van der Waals surface area contributed by atoms with E-state index in [1.165, 1.54) is 23.0 Å². The molecular weight excluding hydrogens is 276 g/mol. The molecule has 1 saturated heterocycles. The van der Waals surface area contributed by atoms with Crippen molar-refractivity contribution < 1.29 is 9.21 Å². The molecule has 4 heteroatoms. The van der Waals surface area contributed by atoms with Crippen molar-refractivity contribution in [2.24, 2.45) is 0 Å². The molecule has 2 heterocycles. The highest BCUT2D eigenvalue weighted by Crippen LogP contribution is 2.16. The van der Waals surface area contributed by atoms with Gasteiger partial charge in [0.1, 0.15) is 6.26 Å². The topological polar surface area (TPSA) is 36.7 Å². The largest absolute Gasteiger partial charge is 0.472 e. The van der Waals surface area contributed by atoms with Gasteiger partial charge in [0.25, 0.3) is 5.91 Å². The maximum atomic E-state index is 12.3. The Kier molecular flexibility index (Phi) is 4.29. The molecule has 0 atom stereocenters. The van der Waals surface area contributed by atoms with Gasteiger partial charge in [0.05, 0.1) is 11.8 Å². The van der Waals surface area contributed by atoms with Crippen molar-refractivity contribution in [2.75, 3.05) is 26.2 Å². The summed E-state index contributed by atoms with van der Waals surface area (Å²) < 4.78 is 4.99. The number of aryl methyl sites for hydroxylation is 2. The number of amides is 1. The van der Waals surface area contributed by atoms with Gasteiger partial charge in [0, 0.05) is 32.7 Å². The van der Waals surface area contributed by atoms with Gasteiger partial charge in [0.15, 0.2) is 0 Å². The molecule has 2 aromatic rings. The standard InChI is InChI=1S/C18H22N2O2/c1-14-3-4-15(2)17(11-14)12-19-6-8-20(9-7-19)18(21)16-5-10-22-13-16/h3-5,10-11,13H,6-9,12H2,1-2H3. The van der Waals surface area contributed by atoms with Crippen molar-refractivity contribution in [2.45, 2.75) is 20.4 Å². The van der Waals surface area contributed by atoms with E-state index in [1.807, 2.05) is 4.90 Å². The summed E-state index contributed by atoms with van der Waals surface area (Å²) >= 11 is 0. The van der Waals surface area contributed by atoms with Crippen molar-refractivity contribution in [1.29, 1.82) is 0 Å². The molecule has 0 unspecified atom stereocenters. The van der Waals surface area contributed by atoms with Crippen molar-refractivity contribution in [3.8, 4) is 0 Å². The first-order chi connectivity index (χ1) is 10.6. The highest BCUT2D eigenvalue weighted by molar-refractivity contribution is 5.93. The third-order valence-corrected chi connectivity index (χ3v) is 4.33. The molecule has 0 spiro atoms. The van der Waals surface area contributed by atoms with Gasteiger partial charge in [-0.25, -0.2) is 0 Å². The van der Waals surface area contributed by atoms with E-state index in [1.54, 1.807) is 12.3 Å². The lowest BCUT2D eigenvalue weighted by Gasteiger charge is -2.34. The summed E-state index contributed by atoms with van der Waals surface area (Å²) in [6, 6.07) is 8.33. The Morgan fingerprint density at radius 3 is 2.59 bits per heavy atom. The third kappa shape index (κ3) is 3.22. The van der Waals surface area contributed by atoms with E-state index >= 15 is 0 Å². The number of hydrogen-bond donors (Lipinski definition) is 0. The fourth-order valence-electron chi connectivity index (χ4n) is 2.89. The maximum absolute atomic E-state index is 12.3. The summed E-state index contributed by atoms with van der Waals surface area (Å²) in [5, 5.41) is 0. The highest BCUT2D eigenvalue weighted by atomic mass is 16.3. The van der Waals surface area contributed by atoms with Crippen LogP contribution in [-0.4, -0.2) is 41.9 Å². The van der Waals surface area contributed by atoms with Gasteiger partial charge in [-0.2, -0.15) is 0 Å². The molecule has 1 amide bonds. The van der Waals surface area contributed by atoms with Crippen LogP contribution >= 0.6 is 0 Å². The Labute approximate surface area is 131 Å². The van der Waals surface area contributed by atoms with Crippen LogP contribution in [0.2, 0.25) is 0 Å². The van der Waals surface area contributed by atoms with Crippen molar-refractivity contribution in [3.63, 3.8) is 0 Å². The SMILES string of the molecule is Cc1ccc(C)c(CN2CCN(C(=O)c3ccoc3)CC2)c1. The molecule has 0 aliphatic carbocycles. The number of benzene rings is 1. The minimum absolute atomic E-state index is 0.0696. The predicted molar refractivity (Wildman–Crippen MR) is 85.8 cm³/mol. The number of furan rings is 1. The molecule has 3 rings (SSSR count). The molecular formula is C18H22N2O2. The Bertz CT molecular complexity index is 641. The summed E-state index contributed by atoms with van der Waals surface area (Å²) in [5.74, 6) is 0.0696. The van der Waals surface area contributed by atoms with Crippen LogP contribution in [0.5, 0.6) is 0 Å². The number of nitrogens with zero attached hydrogens (tertiary/aromatic N) is 2. The van der Waals surface area contributed by atoms with E-state index < -0.39 is 0 Å². The number of carbonyl (C=O) groups is 1. The third-order valence-electron chi connectivity index (χ3n) is 4.33. The number of carbonyl (C=O) groups excluding carboxylic acids is 1. The second kappa shape index (κ2) is 6.36. The zero-order valence-electron chi connectivity index (χ0n) is 13.2. The number of piperazine rings is 1. The fourth-order valence-corrected chi connectivity index (χ4v) is 2.89. The number of rotatable bonds is 3. The van der Waals surface area contributed by atoms with Crippen LogP contribution in [0, 0.1) is 13.8 Å². The second-order valence-electron chi connectivity index (χ2n) is 6.01. The van der Waals surface area contributed by atoms with Crippen LogP contribution < -0.4 is 0 Å². The molecule has 1 aromatic carbocycles. The molecule has 22 heavy (non-hydrogen) atoms. The number of hydrogen-bond acceptors (Lipinski definition) is 3. The first kappa shape index (κ1) is 14.9. The average Bonchev–Trinajstić information content (AvgIpc) is 3.05. The summed E-state index contributed by atoms with van der Waals surface area (Å²) in [6.07, 6.45) is 3.06. The Balaban J connectivity index is 1.58. The van der Waals surface area contributed by atoms with Gasteiger partial charge in [0.2, 0.25) is 0 Å². The van der Waals surface area contributed by atoms with Gasteiger partial charge in [-0.05, 0) is 31.0 Å². The first-order valence-electron chi connectivity index (χ1n) is 7.73. The molecule has 0 bridgehead atoms. The van der Waals surface area contributed by atoms with Crippen LogP contribution in [0.3, 0.4) is 0 Å². The normalized spacial score (nSPS) is 16.0. The zero-order valence-corrected chi connectivity index (χ0v) is 13.2. The van der Waals surface area contributed by atoms with Crippen LogP contribution in [0.15, 0.2) is 41.2 Å². The van der Waals surface area contributed by atoms with Crippen molar-refractivity contribution in [1.82, 2.24) is 9.80 Å². The highest BCUT2D eigenvalue weighted by Gasteiger charge is 2.22. The Morgan fingerprint density at radius 2 is 1.91 bits per heavy atom. The van der Waals surface area contributed by atoms with Crippen LogP contribution in [0.25, 0.3) is 0 Å². The Morgan fingerprint density at radius 1 is 1.14 bits per heavy atom. The van der Waals surface area contributed by atoms with Crippen molar-refractivity contribution >= 4 is 5.91 Å². The molecule has 116 valence electrons. The lowest BCUT2D eigenvalue weighted by atomic mass is 10.0. The summed E-state index contributed by atoms with van der Waals surface area (Å²) in [4.78, 5) is 16.6. The zero-order chi connectivity index (χ0) is 15.5. The molecule has 1 fully saturated rings. The molecule has 0 saturated carbocycles. The van der Waals surface area contributed by atoms with E-state index in [0.29, 0.717) is 5.56 Å². The van der Waals surface area contributed by atoms with E-state index in [9.17, 15) is 4.79 Å². The summed E-state index contributed by atoms with van der Waals surface area (Å²) in [5.41, 5.74) is 4.66. The smallest absolute Gasteiger partial charge is 0.257 e. The minimum atomic E-state index is 0.0696. The van der Waals surface area contributed by atoms with Gasteiger partial charge >= 0.3 is 0 Å². The monoisotopic (exact) mass is 298 g/mol. The maximum Gasteiger partial charge on any atom is 0.257 e. The molecule has 1 aliphatic heterocycles. The molecule has 4 nitrogen and oxygen atoms in total. The molecule has 1 aliphatic rings. The van der Waals surface area contributed by atoms with Crippen LogP contribution in [0.4, 0.5) is 0 Å². The van der Waals surface area contributed by atoms with Crippen LogP contribution in [-0.2, 0) is 6.54 Å². The van der Waals surface area contributed by atoms with E-state index in [0.717, 1.165) is 32.7 Å². The van der Waals surface area contributed by atoms with Gasteiger partial charge in [-0.3, -0.25) is 9.69 Å². The molecule has 0 radical (unpaired) electrons. The summed E-state index contributed by atoms with van der Waals surface area (Å²) in [7, 11) is 0. The van der Waals surface area contributed by atoms with E-state index in [-0.39, 0.29) is 5.91 Å². The van der Waals surface area contributed by atoms with Gasteiger partial charge in [-0.1, -0.05) is 23.8 Å². The van der Waals surface area contributed by atoms with Gasteiger partial charge in [-0.15, -0.1) is 0 Å². The predicted octanol–water partition coefficient (Wildman–Crippen LogP) is 2.85. The van der Waals surface area contributed by atoms with Gasteiger partial charge < -0.3 is 9.32 Å². The lowest BCUT2D eigenvalue weighted by molar-refractivity contribution is 0.0627. The first-order valence-corrected chi connectivity index (χ1v) is 7.73. The second-order valence-corrected chi connectivity index (χ2v) is 6.01. The molecule has 1 aromatic heterocycles. The fraction of sp³-hybridized carbons (Fsp3) is 0.389. The van der Waals surface area contributed by atoms with Crippen LogP contribution in [0.1, 0.15) is 27.0 Å². The lowest BCUT2D eigenvalue weighted by Crippen LogP contribution is -2.48. The quantitative estimate of drug-likeness (QED) is 0.874. The van der Waals surface area contributed by atoms with Crippen molar-refractivity contribution in [3.05, 3.63) is 59.0 Å². The Hall–Kier alpha value is -2.07. The minimum Gasteiger partial charge on any atom is -0.472 e. The molecule has 0 N–H and O–H groups in total. The van der Waals surface area contributed by atoms with E-state index in [4.69, 9.17) is 4.42 Å². The summed E-state index contributed by atoms with van der Waals surface area (Å²) in [6.45, 7) is 8.62. The average molecular weight is 298 g/mol. The van der Waals surface area contributed by atoms with E-state index in [2.05, 4.69) is 36.9 Å².